The van der Waals surface area contributed by atoms with E-state index >= 15 is 0 Å². The zero-order chi connectivity index (χ0) is 19.5. The van der Waals surface area contributed by atoms with Crippen LogP contribution < -0.4 is 17.0 Å². The second kappa shape index (κ2) is 9.01. The minimum Gasteiger partial charge on any atom is -1.00 e. The number of nitrogens with zero attached hydrogens (tertiary/aromatic N) is 2. The highest BCUT2D eigenvalue weighted by Crippen LogP contribution is 2.31. The van der Waals surface area contributed by atoms with E-state index in [0.717, 1.165) is 29.1 Å². The Balaban J connectivity index is 0.00000240. The van der Waals surface area contributed by atoms with Crippen molar-refractivity contribution in [3.63, 3.8) is 0 Å². The Morgan fingerprint density at radius 1 is 0.759 bits per heavy atom. The van der Waals surface area contributed by atoms with Crippen molar-refractivity contribution in [1.29, 1.82) is 0 Å². The zero-order valence-corrected chi connectivity index (χ0v) is 16.8. The second-order valence-electron chi connectivity index (χ2n) is 6.73. The van der Waals surface area contributed by atoms with E-state index in [1.165, 1.54) is 29.8 Å². The Labute approximate surface area is 175 Å². The molecule has 0 atom stereocenters. The van der Waals surface area contributed by atoms with E-state index in [4.69, 9.17) is 0 Å². The van der Waals surface area contributed by atoms with Gasteiger partial charge in [0.05, 0.1) is 6.54 Å². The van der Waals surface area contributed by atoms with Gasteiger partial charge < -0.3 is 12.4 Å². The lowest BCUT2D eigenvalue weighted by atomic mass is 10.0. The molecule has 5 heteroatoms. The molecule has 0 N–H and O–H groups in total. The monoisotopic (exact) mass is 410 g/mol. The fraction of sp³-hybridized carbons (Fsp3) is 0.125. The van der Waals surface area contributed by atoms with Gasteiger partial charge in [0.1, 0.15) is 18.2 Å². The Hall–Kier alpha value is -2.98. The summed E-state index contributed by atoms with van der Waals surface area (Å²) in [6.45, 7) is 3.53. The van der Waals surface area contributed by atoms with Crippen molar-refractivity contribution in [3.8, 4) is 22.5 Å². The van der Waals surface area contributed by atoms with Gasteiger partial charge in [-0.1, -0.05) is 30.3 Å². The van der Waals surface area contributed by atoms with Crippen LogP contribution in [0.25, 0.3) is 22.5 Å². The van der Waals surface area contributed by atoms with Gasteiger partial charge in [0, 0.05) is 11.1 Å². The van der Waals surface area contributed by atoms with Crippen molar-refractivity contribution in [2.45, 2.75) is 20.0 Å². The molecule has 1 heterocycles. The van der Waals surface area contributed by atoms with E-state index in [2.05, 4.69) is 34.5 Å². The lowest BCUT2D eigenvalue weighted by Gasteiger charge is -2.06. The number of benzene rings is 3. The third kappa shape index (κ3) is 4.38. The van der Waals surface area contributed by atoms with Gasteiger partial charge in [0.15, 0.2) is 11.4 Å². The van der Waals surface area contributed by atoms with Crippen LogP contribution in [0, 0.1) is 11.6 Å². The summed E-state index contributed by atoms with van der Waals surface area (Å²) in [5.41, 5.74) is 5.00. The van der Waals surface area contributed by atoms with Gasteiger partial charge >= 0.3 is 0 Å². The van der Waals surface area contributed by atoms with Crippen molar-refractivity contribution in [2.75, 3.05) is 0 Å². The molecule has 1 aromatic heterocycles. The Morgan fingerprint density at radius 2 is 1.31 bits per heavy atom. The number of hydrogen-bond donors (Lipinski definition) is 0. The second-order valence-corrected chi connectivity index (χ2v) is 6.73. The third-order valence-corrected chi connectivity index (χ3v) is 4.85. The highest BCUT2D eigenvalue weighted by molar-refractivity contribution is 5.76. The average Bonchev–Trinajstić information content (AvgIpc) is 3.08. The van der Waals surface area contributed by atoms with Gasteiger partial charge in [0.2, 0.25) is 6.33 Å². The van der Waals surface area contributed by atoms with E-state index in [0.29, 0.717) is 6.54 Å². The molecular weight excluding hydrogens is 390 g/mol. The molecule has 0 aliphatic carbocycles. The molecule has 0 bridgehead atoms. The summed E-state index contributed by atoms with van der Waals surface area (Å²) in [7, 11) is 0. The first kappa shape index (κ1) is 20.7. The predicted molar refractivity (Wildman–Crippen MR) is 107 cm³/mol. The molecule has 0 radical (unpaired) electrons. The van der Waals surface area contributed by atoms with Crippen LogP contribution in [0.1, 0.15) is 12.5 Å². The summed E-state index contributed by atoms with van der Waals surface area (Å²) in [5, 5.41) is 0. The van der Waals surface area contributed by atoms with Gasteiger partial charge in [-0.25, -0.2) is 17.9 Å². The first-order valence-corrected chi connectivity index (χ1v) is 9.34. The fourth-order valence-corrected chi connectivity index (χ4v) is 3.52. The number of rotatable bonds is 5. The molecule has 3 aromatic carbocycles. The maximum atomic E-state index is 13.5. The van der Waals surface area contributed by atoms with Gasteiger partial charge in [-0.2, -0.15) is 0 Å². The molecule has 0 saturated heterocycles. The first-order chi connectivity index (χ1) is 13.7. The summed E-state index contributed by atoms with van der Waals surface area (Å²) in [4.78, 5) is 0. The lowest BCUT2D eigenvalue weighted by molar-refractivity contribution is -0.677. The average molecular weight is 411 g/mol. The molecule has 0 unspecified atom stereocenters. The van der Waals surface area contributed by atoms with Crippen molar-refractivity contribution >= 4 is 0 Å². The van der Waals surface area contributed by atoms with Gasteiger partial charge in [-0.05, 0) is 61.0 Å². The summed E-state index contributed by atoms with van der Waals surface area (Å²) in [6.07, 6.45) is 2.07. The molecule has 148 valence electrons. The number of halogens is 3. The number of aromatic nitrogens is 2. The molecule has 0 amide bonds. The molecule has 0 fully saturated rings. The van der Waals surface area contributed by atoms with Crippen LogP contribution in [-0.4, -0.2) is 4.57 Å². The topological polar surface area (TPSA) is 8.81 Å². The molecule has 2 nitrogen and oxygen atoms in total. The Morgan fingerprint density at radius 3 is 1.86 bits per heavy atom. The zero-order valence-electron chi connectivity index (χ0n) is 16.0. The van der Waals surface area contributed by atoms with Crippen LogP contribution in [-0.2, 0) is 13.1 Å². The maximum Gasteiger partial charge on any atom is 0.245 e. The van der Waals surface area contributed by atoms with E-state index in [1.807, 2.05) is 18.2 Å². The van der Waals surface area contributed by atoms with Crippen LogP contribution in [0.5, 0.6) is 0 Å². The van der Waals surface area contributed by atoms with Crippen LogP contribution in [0.4, 0.5) is 8.78 Å². The molecular formula is C24H21ClF2N2. The maximum absolute atomic E-state index is 13.5. The highest BCUT2D eigenvalue weighted by atomic mass is 35.5. The normalized spacial score (nSPS) is 10.6. The van der Waals surface area contributed by atoms with E-state index in [1.54, 1.807) is 24.3 Å². The van der Waals surface area contributed by atoms with Crippen molar-refractivity contribution < 1.29 is 25.8 Å². The van der Waals surface area contributed by atoms with Crippen LogP contribution in [0.15, 0.2) is 85.2 Å². The van der Waals surface area contributed by atoms with Crippen LogP contribution in [0.2, 0.25) is 0 Å². The SMILES string of the molecule is CCn1c[n+](Cc2ccccc2)c(-c2ccc(F)cc2)c1-c1ccc(F)cc1.[Cl-]. The van der Waals surface area contributed by atoms with Crippen LogP contribution >= 0.6 is 0 Å². The molecule has 4 rings (SSSR count). The van der Waals surface area contributed by atoms with Crippen LogP contribution in [0.3, 0.4) is 0 Å². The van der Waals surface area contributed by atoms with E-state index in [9.17, 15) is 8.78 Å². The quantitative estimate of drug-likeness (QED) is 0.447. The third-order valence-electron chi connectivity index (χ3n) is 4.85. The van der Waals surface area contributed by atoms with Crippen molar-refractivity contribution in [1.82, 2.24) is 4.57 Å². The first-order valence-electron chi connectivity index (χ1n) is 9.34. The van der Waals surface area contributed by atoms with Gasteiger partial charge in [0.25, 0.3) is 0 Å². The van der Waals surface area contributed by atoms with E-state index < -0.39 is 0 Å². The number of aryl methyl sites for hydroxylation is 1. The van der Waals surface area contributed by atoms with Crippen molar-refractivity contribution in [3.05, 3.63) is 102 Å². The summed E-state index contributed by atoms with van der Waals surface area (Å²) in [5.74, 6) is -0.532. The lowest BCUT2D eigenvalue weighted by Crippen LogP contribution is -3.00. The smallest absolute Gasteiger partial charge is 0.245 e. The highest BCUT2D eigenvalue weighted by Gasteiger charge is 2.25. The summed E-state index contributed by atoms with van der Waals surface area (Å²) in [6, 6.07) is 23.2. The molecule has 0 spiro atoms. The molecule has 0 aliphatic rings. The summed E-state index contributed by atoms with van der Waals surface area (Å²) < 4.78 is 31.3. The Bertz CT molecular complexity index is 1070. The summed E-state index contributed by atoms with van der Waals surface area (Å²) >= 11 is 0. The molecule has 0 aliphatic heterocycles. The Kier molecular flexibility index (Phi) is 6.45. The van der Waals surface area contributed by atoms with Gasteiger partial charge in [-0.3, -0.25) is 0 Å². The standard InChI is InChI=1S/C24H21F2N2.ClH/c1-2-27-17-28(16-18-6-4-3-5-7-18)24(20-10-14-22(26)15-11-20)23(27)19-8-12-21(25)13-9-19;/h3-15,17H,2,16H2,1H3;1H/q+1;/p-1. The predicted octanol–water partition coefficient (Wildman–Crippen LogP) is 2.46. The largest absolute Gasteiger partial charge is 1.00 e. The molecule has 4 aromatic rings. The molecule has 29 heavy (non-hydrogen) atoms. The van der Waals surface area contributed by atoms with E-state index in [-0.39, 0.29) is 24.0 Å². The minimum atomic E-state index is -0.267. The number of imidazole rings is 1. The fourth-order valence-electron chi connectivity index (χ4n) is 3.52. The molecule has 0 saturated carbocycles. The van der Waals surface area contributed by atoms with Crippen molar-refractivity contribution in [2.24, 2.45) is 0 Å². The van der Waals surface area contributed by atoms with Gasteiger partial charge in [-0.15, -0.1) is 0 Å². The number of hydrogen-bond acceptors (Lipinski definition) is 0. The minimum absolute atomic E-state index is 0.